The number of azide groups is 1. The summed E-state index contributed by atoms with van der Waals surface area (Å²) < 4.78 is 26.0. The summed E-state index contributed by atoms with van der Waals surface area (Å²) in [6.45, 7) is -0.394. The van der Waals surface area contributed by atoms with Gasteiger partial charge in [-0.2, -0.15) is 0 Å². The third-order valence-electron chi connectivity index (χ3n) is 1.65. The Kier molecular flexibility index (Phi) is 3.39. The third-order valence-corrected chi connectivity index (χ3v) is 1.65. The molecule has 1 atom stereocenters. The van der Waals surface area contributed by atoms with E-state index in [9.17, 15) is 13.9 Å². The van der Waals surface area contributed by atoms with Gasteiger partial charge < -0.3 is 5.11 Å². The number of nitrogens with zero attached hydrogens (tertiary/aromatic N) is 3. The molecule has 4 nitrogen and oxygen atoms in total. The van der Waals surface area contributed by atoms with Crippen LogP contribution >= 0.6 is 0 Å². The Labute approximate surface area is 78.4 Å². The lowest BCUT2D eigenvalue weighted by molar-refractivity contribution is 0.176. The first-order valence-corrected chi connectivity index (χ1v) is 3.79. The van der Waals surface area contributed by atoms with E-state index in [1.165, 1.54) is 6.07 Å². The van der Waals surface area contributed by atoms with E-state index in [-0.39, 0.29) is 0 Å². The van der Waals surface area contributed by atoms with Gasteiger partial charge in [0.1, 0.15) is 11.6 Å². The number of benzene rings is 1. The van der Waals surface area contributed by atoms with Crippen molar-refractivity contribution in [1.82, 2.24) is 0 Å². The number of hydrogen-bond donors (Lipinski definition) is 1. The summed E-state index contributed by atoms with van der Waals surface area (Å²) in [7, 11) is 0. The van der Waals surface area contributed by atoms with Crippen molar-refractivity contribution < 1.29 is 13.9 Å². The van der Waals surface area contributed by atoms with Crippen LogP contribution in [0.5, 0.6) is 0 Å². The van der Waals surface area contributed by atoms with E-state index in [1.54, 1.807) is 0 Å². The van der Waals surface area contributed by atoms with E-state index in [2.05, 4.69) is 10.0 Å². The van der Waals surface area contributed by atoms with Crippen molar-refractivity contribution in [2.24, 2.45) is 5.11 Å². The van der Waals surface area contributed by atoms with Crippen LogP contribution in [0.3, 0.4) is 0 Å². The molecule has 0 amide bonds. The van der Waals surface area contributed by atoms with Crippen molar-refractivity contribution in [3.8, 4) is 0 Å². The summed E-state index contributed by atoms with van der Waals surface area (Å²) in [5.41, 5.74) is 7.49. The van der Waals surface area contributed by atoms with Crippen LogP contribution in [-0.2, 0) is 0 Å². The number of aliphatic hydroxyl groups is 1. The second kappa shape index (κ2) is 4.55. The Morgan fingerprint density at radius 1 is 1.43 bits per heavy atom. The highest BCUT2D eigenvalue weighted by Crippen LogP contribution is 2.20. The summed E-state index contributed by atoms with van der Waals surface area (Å²) in [5.74, 6) is -1.71. The lowest BCUT2D eigenvalue weighted by Gasteiger charge is -2.09. The standard InChI is InChI=1S/C8H7F2N3O/c9-5-2-1-3-6(10)8(5)7(14)4-12-13-11/h1-3,7,14H,4H2/t7-/m1/s1. The van der Waals surface area contributed by atoms with Gasteiger partial charge in [0.2, 0.25) is 0 Å². The van der Waals surface area contributed by atoms with Crippen molar-refractivity contribution >= 4 is 0 Å². The monoisotopic (exact) mass is 199 g/mol. The smallest absolute Gasteiger partial charge is 0.131 e. The fourth-order valence-corrected chi connectivity index (χ4v) is 1.03. The highest BCUT2D eigenvalue weighted by atomic mass is 19.1. The molecule has 0 aromatic heterocycles. The summed E-state index contributed by atoms with van der Waals surface area (Å²) in [6, 6.07) is 3.24. The molecule has 0 aliphatic heterocycles. The Morgan fingerprint density at radius 2 is 2.00 bits per heavy atom. The molecule has 74 valence electrons. The van der Waals surface area contributed by atoms with Gasteiger partial charge in [-0.05, 0) is 17.7 Å². The van der Waals surface area contributed by atoms with E-state index < -0.39 is 29.8 Å². The molecule has 0 heterocycles. The van der Waals surface area contributed by atoms with E-state index in [0.717, 1.165) is 12.1 Å². The zero-order valence-electron chi connectivity index (χ0n) is 7.06. The van der Waals surface area contributed by atoms with E-state index in [1.807, 2.05) is 0 Å². The second-order valence-corrected chi connectivity index (χ2v) is 2.56. The highest BCUT2D eigenvalue weighted by molar-refractivity contribution is 5.22. The summed E-state index contributed by atoms with van der Waals surface area (Å²) in [4.78, 5) is 2.38. The zero-order valence-corrected chi connectivity index (χ0v) is 7.06. The van der Waals surface area contributed by atoms with Gasteiger partial charge in [-0.15, -0.1) is 0 Å². The van der Waals surface area contributed by atoms with Crippen LogP contribution in [0, 0.1) is 11.6 Å². The van der Waals surface area contributed by atoms with Gasteiger partial charge in [0.15, 0.2) is 0 Å². The molecule has 0 saturated heterocycles. The Hall–Kier alpha value is -1.65. The van der Waals surface area contributed by atoms with E-state index >= 15 is 0 Å². The molecule has 0 radical (unpaired) electrons. The second-order valence-electron chi connectivity index (χ2n) is 2.56. The number of hydrogen-bond acceptors (Lipinski definition) is 2. The highest BCUT2D eigenvalue weighted by Gasteiger charge is 2.16. The maximum Gasteiger partial charge on any atom is 0.131 e. The molecule has 1 N–H and O–H groups in total. The first-order valence-electron chi connectivity index (χ1n) is 3.79. The molecular weight excluding hydrogens is 192 g/mol. The molecular formula is C8H7F2N3O. The van der Waals surface area contributed by atoms with Crippen molar-refractivity contribution in [2.75, 3.05) is 6.54 Å². The van der Waals surface area contributed by atoms with Crippen LogP contribution in [0.4, 0.5) is 8.78 Å². The van der Waals surface area contributed by atoms with Crippen LogP contribution in [0.2, 0.25) is 0 Å². The Bertz CT molecular complexity index is 357. The fraction of sp³-hybridized carbons (Fsp3) is 0.250. The number of aliphatic hydroxyl groups excluding tert-OH is 1. The molecule has 0 unspecified atom stereocenters. The largest absolute Gasteiger partial charge is 0.388 e. The van der Waals surface area contributed by atoms with Crippen molar-refractivity contribution in [1.29, 1.82) is 0 Å². The molecule has 14 heavy (non-hydrogen) atoms. The number of halogens is 2. The Balaban J connectivity index is 2.99. The lowest BCUT2D eigenvalue weighted by Crippen LogP contribution is -2.06. The maximum atomic E-state index is 13.0. The first kappa shape index (κ1) is 10.4. The van der Waals surface area contributed by atoms with Gasteiger partial charge >= 0.3 is 0 Å². The van der Waals surface area contributed by atoms with Gasteiger partial charge in [-0.3, -0.25) is 0 Å². The first-order chi connectivity index (χ1) is 6.66. The quantitative estimate of drug-likeness (QED) is 0.453. The van der Waals surface area contributed by atoms with Crippen molar-refractivity contribution in [3.63, 3.8) is 0 Å². The van der Waals surface area contributed by atoms with E-state index in [0.29, 0.717) is 0 Å². The minimum absolute atomic E-state index is 0.394. The molecule has 0 spiro atoms. The van der Waals surface area contributed by atoms with Crippen LogP contribution in [0.15, 0.2) is 23.3 Å². The van der Waals surface area contributed by atoms with Crippen LogP contribution in [-0.4, -0.2) is 11.7 Å². The molecule has 6 heteroatoms. The van der Waals surface area contributed by atoms with Crippen LogP contribution in [0.25, 0.3) is 10.4 Å². The Morgan fingerprint density at radius 3 is 2.50 bits per heavy atom. The molecule has 0 aliphatic rings. The van der Waals surface area contributed by atoms with Gasteiger partial charge in [-0.25, -0.2) is 8.78 Å². The predicted molar refractivity (Wildman–Crippen MR) is 45.3 cm³/mol. The molecule has 0 saturated carbocycles. The van der Waals surface area contributed by atoms with Crippen molar-refractivity contribution in [2.45, 2.75) is 6.10 Å². The molecule has 0 bridgehead atoms. The zero-order chi connectivity index (χ0) is 10.6. The van der Waals surface area contributed by atoms with E-state index in [4.69, 9.17) is 5.53 Å². The predicted octanol–water partition coefficient (Wildman–Crippen LogP) is 2.31. The molecule has 0 aliphatic carbocycles. The SMILES string of the molecule is [N-]=[N+]=NC[C@@H](O)c1c(F)cccc1F. The minimum Gasteiger partial charge on any atom is -0.388 e. The van der Waals surface area contributed by atoms with Gasteiger partial charge in [-0.1, -0.05) is 11.2 Å². The topological polar surface area (TPSA) is 69.0 Å². The lowest BCUT2D eigenvalue weighted by atomic mass is 10.1. The summed E-state index contributed by atoms with van der Waals surface area (Å²) in [6.07, 6.45) is -1.45. The van der Waals surface area contributed by atoms with Gasteiger partial charge in [0.25, 0.3) is 0 Å². The van der Waals surface area contributed by atoms with Crippen molar-refractivity contribution in [3.05, 3.63) is 45.8 Å². The molecule has 1 rings (SSSR count). The summed E-state index contributed by atoms with van der Waals surface area (Å²) in [5, 5.41) is 12.3. The normalized spacial score (nSPS) is 11.9. The third kappa shape index (κ3) is 2.18. The number of rotatable bonds is 3. The summed E-state index contributed by atoms with van der Waals surface area (Å²) >= 11 is 0. The average Bonchev–Trinajstić information content (AvgIpc) is 2.14. The fourth-order valence-electron chi connectivity index (χ4n) is 1.03. The van der Waals surface area contributed by atoms with Gasteiger partial charge in [0, 0.05) is 4.91 Å². The van der Waals surface area contributed by atoms with Crippen LogP contribution in [0.1, 0.15) is 11.7 Å². The van der Waals surface area contributed by atoms with Gasteiger partial charge in [0.05, 0.1) is 18.2 Å². The maximum absolute atomic E-state index is 13.0. The average molecular weight is 199 g/mol. The van der Waals surface area contributed by atoms with Crippen LogP contribution < -0.4 is 0 Å². The molecule has 1 aromatic carbocycles. The minimum atomic E-state index is -1.45. The molecule has 1 aromatic rings. The molecule has 0 fully saturated rings.